The Labute approximate surface area is 76.5 Å². The van der Waals surface area contributed by atoms with Gasteiger partial charge in [0.25, 0.3) is 0 Å². The molecule has 0 aromatic heterocycles. The van der Waals surface area contributed by atoms with Crippen LogP contribution in [0, 0.1) is 3.57 Å². The Morgan fingerprint density at radius 1 is 1.18 bits per heavy atom. The molecule has 0 N–H and O–H groups in total. The highest BCUT2D eigenvalue weighted by Crippen LogP contribution is 2.15. The molecule has 1 rings (SSSR count). The third-order valence-corrected chi connectivity index (χ3v) is 1.76. The minimum absolute atomic E-state index is 0.195. The molecule has 11 heavy (non-hydrogen) atoms. The average Bonchev–Trinajstić information content (AvgIpc) is 1.93. The zero-order valence-electron chi connectivity index (χ0n) is 5.43. The molecular weight excluding hydrogens is 265 g/mol. The van der Waals surface area contributed by atoms with E-state index in [1.54, 1.807) is 12.1 Å². The molecule has 1 aromatic carbocycles. The van der Waals surface area contributed by atoms with Gasteiger partial charge in [0.1, 0.15) is 5.75 Å². The number of halogens is 3. The predicted octanol–water partition coefficient (Wildman–Crippen LogP) is 2.89. The molecule has 4 heteroatoms. The molecule has 0 heterocycles. The smallest absolute Gasteiger partial charge is 0.387 e. The van der Waals surface area contributed by atoms with Gasteiger partial charge in [0.15, 0.2) is 0 Å². The second-order valence-corrected chi connectivity index (χ2v) is 3.08. The standard InChI is InChI=1S/C7H5F2IO/c8-7(9)11-6-3-1-5(10)2-4-6/h1-4,7H. The summed E-state index contributed by atoms with van der Waals surface area (Å²) in [5.74, 6) is 0.195. The van der Waals surface area contributed by atoms with Crippen molar-refractivity contribution in [3.05, 3.63) is 27.8 Å². The van der Waals surface area contributed by atoms with Crippen molar-refractivity contribution in [2.24, 2.45) is 0 Å². The van der Waals surface area contributed by atoms with Crippen LogP contribution in [0.1, 0.15) is 0 Å². The number of alkyl halides is 2. The normalized spacial score (nSPS) is 10.2. The second kappa shape index (κ2) is 3.85. The molecule has 0 aliphatic heterocycles. The molecule has 0 bridgehead atoms. The van der Waals surface area contributed by atoms with Gasteiger partial charge >= 0.3 is 6.61 Å². The van der Waals surface area contributed by atoms with Gasteiger partial charge in [-0.15, -0.1) is 0 Å². The summed E-state index contributed by atoms with van der Waals surface area (Å²) in [5, 5.41) is 0. The summed E-state index contributed by atoms with van der Waals surface area (Å²) in [6.45, 7) is -2.74. The molecule has 0 unspecified atom stereocenters. The summed E-state index contributed by atoms with van der Waals surface area (Å²) in [6.07, 6.45) is 0. The minimum atomic E-state index is -2.74. The van der Waals surface area contributed by atoms with Gasteiger partial charge < -0.3 is 4.74 Å². The second-order valence-electron chi connectivity index (χ2n) is 1.83. The first-order valence-corrected chi connectivity index (χ1v) is 3.97. The van der Waals surface area contributed by atoms with Crippen molar-refractivity contribution in [3.63, 3.8) is 0 Å². The van der Waals surface area contributed by atoms with Crippen LogP contribution in [0.15, 0.2) is 24.3 Å². The van der Waals surface area contributed by atoms with E-state index in [-0.39, 0.29) is 5.75 Å². The molecule has 0 aliphatic rings. The summed E-state index contributed by atoms with van der Waals surface area (Å²) in [6, 6.07) is 6.43. The Bertz CT molecular complexity index is 222. The quantitative estimate of drug-likeness (QED) is 0.751. The van der Waals surface area contributed by atoms with Gasteiger partial charge in [-0.1, -0.05) is 0 Å². The van der Waals surface area contributed by atoms with Crippen molar-refractivity contribution < 1.29 is 13.5 Å². The SMILES string of the molecule is FC(F)Oc1ccc(I)cc1. The Kier molecular flexibility index (Phi) is 3.04. The van der Waals surface area contributed by atoms with Gasteiger partial charge in [-0.2, -0.15) is 8.78 Å². The highest BCUT2D eigenvalue weighted by atomic mass is 127. The van der Waals surface area contributed by atoms with E-state index >= 15 is 0 Å². The van der Waals surface area contributed by atoms with E-state index in [2.05, 4.69) is 27.3 Å². The lowest BCUT2D eigenvalue weighted by Gasteiger charge is -2.02. The summed E-state index contributed by atoms with van der Waals surface area (Å²) in [4.78, 5) is 0. The fraction of sp³-hybridized carbons (Fsp3) is 0.143. The van der Waals surface area contributed by atoms with E-state index in [9.17, 15) is 8.78 Å². The molecule has 0 saturated heterocycles. The van der Waals surface area contributed by atoms with Crippen LogP contribution in [0.5, 0.6) is 5.75 Å². The molecule has 0 atom stereocenters. The monoisotopic (exact) mass is 270 g/mol. The van der Waals surface area contributed by atoms with Gasteiger partial charge in [-0.3, -0.25) is 0 Å². The van der Waals surface area contributed by atoms with E-state index in [1.165, 1.54) is 12.1 Å². The first kappa shape index (κ1) is 8.70. The highest BCUT2D eigenvalue weighted by molar-refractivity contribution is 14.1. The van der Waals surface area contributed by atoms with Crippen molar-refractivity contribution in [2.45, 2.75) is 6.61 Å². The van der Waals surface area contributed by atoms with E-state index < -0.39 is 6.61 Å². The van der Waals surface area contributed by atoms with Gasteiger partial charge in [-0.25, -0.2) is 0 Å². The van der Waals surface area contributed by atoms with Crippen molar-refractivity contribution in [1.82, 2.24) is 0 Å². The molecule has 0 spiro atoms. The van der Waals surface area contributed by atoms with E-state index in [0.717, 1.165) is 3.57 Å². The van der Waals surface area contributed by atoms with Crippen LogP contribution >= 0.6 is 22.6 Å². The van der Waals surface area contributed by atoms with Crippen LogP contribution in [-0.4, -0.2) is 6.61 Å². The van der Waals surface area contributed by atoms with E-state index in [0.29, 0.717) is 0 Å². The van der Waals surface area contributed by atoms with Crippen molar-refractivity contribution in [3.8, 4) is 5.75 Å². The Hall–Kier alpha value is -0.390. The van der Waals surface area contributed by atoms with Crippen LogP contribution in [-0.2, 0) is 0 Å². The third-order valence-electron chi connectivity index (χ3n) is 1.04. The molecule has 0 saturated carbocycles. The lowest BCUT2D eigenvalue weighted by atomic mass is 10.3. The molecule has 0 radical (unpaired) electrons. The maximum Gasteiger partial charge on any atom is 0.387 e. The molecule has 1 nitrogen and oxygen atoms in total. The van der Waals surface area contributed by atoms with Crippen LogP contribution < -0.4 is 4.74 Å². The summed E-state index contributed by atoms with van der Waals surface area (Å²) >= 11 is 2.09. The lowest BCUT2D eigenvalue weighted by molar-refractivity contribution is -0.0498. The van der Waals surface area contributed by atoms with Crippen LogP contribution in [0.4, 0.5) is 8.78 Å². The van der Waals surface area contributed by atoms with Crippen molar-refractivity contribution in [1.29, 1.82) is 0 Å². The lowest BCUT2D eigenvalue weighted by Crippen LogP contribution is -2.01. The summed E-state index contributed by atoms with van der Waals surface area (Å²) in [5.41, 5.74) is 0. The fourth-order valence-corrected chi connectivity index (χ4v) is 0.976. The minimum Gasteiger partial charge on any atom is -0.435 e. The maximum atomic E-state index is 11.6. The van der Waals surface area contributed by atoms with Crippen LogP contribution in [0.3, 0.4) is 0 Å². The van der Waals surface area contributed by atoms with Gasteiger partial charge in [0.2, 0.25) is 0 Å². The summed E-state index contributed by atoms with van der Waals surface area (Å²) in [7, 11) is 0. The molecule has 60 valence electrons. The molecule has 0 amide bonds. The van der Waals surface area contributed by atoms with Crippen LogP contribution in [0.2, 0.25) is 0 Å². The fourth-order valence-electron chi connectivity index (χ4n) is 0.616. The van der Waals surface area contributed by atoms with Crippen molar-refractivity contribution in [2.75, 3.05) is 0 Å². The number of hydrogen-bond donors (Lipinski definition) is 0. The first-order chi connectivity index (χ1) is 5.18. The topological polar surface area (TPSA) is 9.23 Å². The number of ether oxygens (including phenoxy) is 1. The molecule has 0 fully saturated rings. The predicted molar refractivity (Wildman–Crippen MR) is 45.8 cm³/mol. The third kappa shape index (κ3) is 3.00. The largest absolute Gasteiger partial charge is 0.435 e. The van der Waals surface area contributed by atoms with Gasteiger partial charge in [0.05, 0.1) is 0 Å². The Balaban J connectivity index is 2.66. The number of hydrogen-bond acceptors (Lipinski definition) is 1. The zero-order valence-corrected chi connectivity index (χ0v) is 7.59. The van der Waals surface area contributed by atoms with E-state index in [1.807, 2.05) is 0 Å². The Morgan fingerprint density at radius 3 is 2.18 bits per heavy atom. The average molecular weight is 270 g/mol. The zero-order chi connectivity index (χ0) is 8.27. The number of rotatable bonds is 2. The summed E-state index contributed by atoms with van der Waals surface area (Å²) < 4.78 is 28.3. The van der Waals surface area contributed by atoms with Crippen molar-refractivity contribution >= 4 is 22.6 Å². The molecule has 1 aromatic rings. The first-order valence-electron chi connectivity index (χ1n) is 2.89. The van der Waals surface area contributed by atoms with Gasteiger partial charge in [0, 0.05) is 3.57 Å². The molecular formula is C7H5F2IO. The van der Waals surface area contributed by atoms with Crippen LogP contribution in [0.25, 0.3) is 0 Å². The van der Waals surface area contributed by atoms with Gasteiger partial charge in [-0.05, 0) is 46.9 Å². The van der Waals surface area contributed by atoms with E-state index in [4.69, 9.17) is 0 Å². The Morgan fingerprint density at radius 2 is 1.73 bits per heavy atom. The highest BCUT2D eigenvalue weighted by Gasteiger charge is 2.02. The maximum absolute atomic E-state index is 11.6. The number of benzene rings is 1. The molecule has 0 aliphatic carbocycles.